The van der Waals surface area contributed by atoms with Crippen molar-refractivity contribution >= 4 is 11.6 Å². The Morgan fingerprint density at radius 2 is 2.08 bits per heavy atom. The number of rotatable bonds is 8. The lowest BCUT2D eigenvalue weighted by molar-refractivity contribution is -0.117. The van der Waals surface area contributed by atoms with E-state index in [0.29, 0.717) is 58.0 Å². The molecule has 0 saturated carbocycles. The Hall–Kier alpha value is -2.59. The van der Waals surface area contributed by atoms with Crippen molar-refractivity contribution in [2.45, 2.75) is 13.3 Å². The highest BCUT2D eigenvalue weighted by atomic mass is 19.1. The summed E-state index contributed by atoms with van der Waals surface area (Å²) in [4.78, 5) is 16.0. The van der Waals surface area contributed by atoms with Gasteiger partial charge in [-0.1, -0.05) is 12.1 Å². The average molecular weight is 360 g/mol. The third-order valence-corrected chi connectivity index (χ3v) is 4.14. The molecule has 26 heavy (non-hydrogen) atoms. The second-order valence-corrected chi connectivity index (χ2v) is 5.94. The molecule has 0 spiro atoms. The van der Waals surface area contributed by atoms with Gasteiger partial charge in [0.15, 0.2) is 0 Å². The molecule has 2 rings (SSSR count). The molecular weight excluding hydrogens is 335 g/mol. The van der Waals surface area contributed by atoms with Crippen molar-refractivity contribution in [1.29, 1.82) is 5.26 Å². The molecule has 0 bridgehead atoms. The number of hydrogen-bond acceptors (Lipinski definition) is 5. The first-order valence-corrected chi connectivity index (χ1v) is 8.87. The van der Waals surface area contributed by atoms with Crippen molar-refractivity contribution in [3.8, 4) is 6.07 Å². The Morgan fingerprint density at radius 1 is 1.35 bits per heavy atom. The van der Waals surface area contributed by atoms with E-state index in [1.807, 2.05) is 28.9 Å². The maximum Gasteiger partial charge on any atom is 0.263 e. The Kier molecular flexibility index (Phi) is 7.90. The molecule has 1 fully saturated rings. The van der Waals surface area contributed by atoms with E-state index in [1.54, 1.807) is 18.3 Å². The summed E-state index contributed by atoms with van der Waals surface area (Å²) in [6.07, 6.45) is 2.30. The van der Waals surface area contributed by atoms with Crippen LogP contribution < -0.4 is 10.2 Å². The fourth-order valence-corrected chi connectivity index (χ4v) is 2.74. The lowest BCUT2D eigenvalue weighted by atomic mass is 10.2. The number of amides is 1. The van der Waals surface area contributed by atoms with Gasteiger partial charge in [-0.15, -0.1) is 0 Å². The van der Waals surface area contributed by atoms with Crippen LogP contribution in [-0.4, -0.2) is 56.7 Å². The number of nitrogens with one attached hydrogen (secondary N) is 1. The average Bonchev–Trinajstić information content (AvgIpc) is 2.67. The molecule has 1 saturated heterocycles. The van der Waals surface area contributed by atoms with Crippen LogP contribution in [0.3, 0.4) is 0 Å². The van der Waals surface area contributed by atoms with Gasteiger partial charge in [0.05, 0.1) is 5.69 Å². The van der Waals surface area contributed by atoms with E-state index in [0.717, 1.165) is 0 Å². The van der Waals surface area contributed by atoms with E-state index >= 15 is 0 Å². The van der Waals surface area contributed by atoms with Crippen LogP contribution in [0.25, 0.3) is 0 Å². The molecule has 1 heterocycles. The van der Waals surface area contributed by atoms with Gasteiger partial charge in [-0.3, -0.25) is 4.79 Å². The first-order chi connectivity index (χ1) is 12.7. The highest BCUT2D eigenvalue weighted by molar-refractivity contribution is 5.97. The number of piperazine rings is 1. The number of benzene rings is 1. The summed E-state index contributed by atoms with van der Waals surface area (Å²) in [6.45, 7) is 6.13. The number of carbonyl (C=O) groups excluding carboxylic acids is 1. The van der Waals surface area contributed by atoms with Gasteiger partial charge in [0.2, 0.25) is 0 Å². The molecule has 0 aromatic heterocycles. The number of hydrogen-bond donors (Lipinski definition) is 1. The zero-order chi connectivity index (χ0) is 18.8. The summed E-state index contributed by atoms with van der Waals surface area (Å²) in [5.74, 6) is -0.610. The van der Waals surface area contributed by atoms with Gasteiger partial charge in [-0.25, -0.2) is 4.39 Å². The van der Waals surface area contributed by atoms with Crippen molar-refractivity contribution in [2.75, 3.05) is 50.8 Å². The summed E-state index contributed by atoms with van der Waals surface area (Å²) in [5, 5.41) is 12.0. The Bertz CT molecular complexity index is 664. The SMILES string of the molecule is CCOCCCNC(=O)/C(C#N)=C\N1CCN(c2ccccc2F)CC1. The van der Waals surface area contributed by atoms with Crippen LogP contribution in [0.15, 0.2) is 36.0 Å². The summed E-state index contributed by atoms with van der Waals surface area (Å²) < 4.78 is 19.1. The largest absolute Gasteiger partial charge is 0.382 e. The molecule has 1 N–H and O–H groups in total. The fraction of sp³-hybridized carbons (Fsp3) is 0.474. The van der Waals surface area contributed by atoms with E-state index in [4.69, 9.17) is 4.74 Å². The number of nitriles is 1. The maximum absolute atomic E-state index is 13.9. The Morgan fingerprint density at radius 3 is 2.73 bits per heavy atom. The van der Waals surface area contributed by atoms with Gasteiger partial charge in [0.25, 0.3) is 5.91 Å². The van der Waals surface area contributed by atoms with Crippen molar-refractivity contribution in [1.82, 2.24) is 10.2 Å². The normalized spacial score (nSPS) is 14.9. The molecule has 0 atom stereocenters. The maximum atomic E-state index is 13.9. The number of halogens is 1. The Balaban J connectivity index is 1.84. The standard InChI is InChI=1S/C19H25FN4O2/c1-2-26-13-5-8-22-19(25)16(14-21)15-23-9-11-24(12-10-23)18-7-4-3-6-17(18)20/h3-4,6-7,15H,2,5,8-13H2,1H3,(H,22,25)/b16-15-. The van der Waals surface area contributed by atoms with Crippen LogP contribution in [-0.2, 0) is 9.53 Å². The van der Waals surface area contributed by atoms with Crippen molar-refractivity contribution < 1.29 is 13.9 Å². The molecule has 0 aliphatic carbocycles. The van der Waals surface area contributed by atoms with Crippen LogP contribution >= 0.6 is 0 Å². The van der Waals surface area contributed by atoms with E-state index in [1.165, 1.54) is 6.07 Å². The molecule has 1 amide bonds. The molecule has 0 unspecified atom stereocenters. The molecule has 1 aliphatic rings. The first kappa shape index (κ1) is 19.7. The molecule has 1 aromatic carbocycles. The predicted octanol–water partition coefficient (Wildman–Crippen LogP) is 1.90. The predicted molar refractivity (Wildman–Crippen MR) is 98.0 cm³/mol. The van der Waals surface area contributed by atoms with Crippen molar-refractivity contribution in [3.63, 3.8) is 0 Å². The van der Waals surface area contributed by atoms with Gasteiger partial charge in [0, 0.05) is 52.1 Å². The smallest absolute Gasteiger partial charge is 0.263 e. The van der Waals surface area contributed by atoms with Crippen molar-refractivity contribution in [2.24, 2.45) is 0 Å². The second-order valence-electron chi connectivity index (χ2n) is 5.94. The third-order valence-electron chi connectivity index (χ3n) is 4.14. The van der Waals surface area contributed by atoms with Gasteiger partial charge in [0.1, 0.15) is 17.5 Å². The molecule has 7 heteroatoms. The summed E-state index contributed by atoms with van der Waals surface area (Å²) in [5.41, 5.74) is 0.671. The molecule has 1 aliphatic heterocycles. The van der Waals surface area contributed by atoms with Crippen LogP contribution in [0.1, 0.15) is 13.3 Å². The van der Waals surface area contributed by atoms with Gasteiger partial charge in [-0.05, 0) is 25.5 Å². The van der Waals surface area contributed by atoms with E-state index in [-0.39, 0.29) is 17.3 Å². The monoisotopic (exact) mass is 360 g/mol. The van der Waals surface area contributed by atoms with Gasteiger partial charge < -0.3 is 19.9 Å². The number of para-hydroxylation sites is 1. The summed E-state index contributed by atoms with van der Waals surface area (Å²) >= 11 is 0. The molecule has 6 nitrogen and oxygen atoms in total. The molecule has 140 valence electrons. The zero-order valence-electron chi connectivity index (χ0n) is 15.1. The number of nitrogens with zero attached hydrogens (tertiary/aromatic N) is 3. The fourth-order valence-electron chi connectivity index (χ4n) is 2.74. The number of ether oxygens (including phenoxy) is 1. The van der Waals surface area contributed by atoms with E-state index in [2.05, 4.69) is 5.32 Å². The van der Waals surface area contributed by atoms with Crippen LogP contribution in [0.5, 0.6) is 0 Å². The van der Waals surface area contributed by atoms with Crippen LogP contribution in [0.4, 0.5) is 10.1 Å². The molecule has 0 radical (unpaired) electrons. The van der Waals surface area contributed by atoms with Crippen LogP contribution in [0, 0.1) is 17.1 Å². The van der Waals surface area contributed by atoms with Gasteiger partial charge >= 0.3 is 0 Å². The third kappa shape index (κ3) is 5.74. The minimum atomic E-state index is -0.375. The Labute approximate surface area is 153 Å². The quantitative estimate of drug-likeness (QED) is 0.436. The number of carbonyl (C=O) groups is 1. The van der Waals surface area contributed by atoms with Gasteiger partial charge in [-0.2, -0.15) is 5.26 Å². The van der Waals surface area contributed by atoms with Crippen molar-refractivity contribution in [3.05, 3.63) is 41.9 Å². The lowest BCUT2D eigenvalue weighted by Gasteiger charge is -2.35. The molecular formula is C19H25FN4O2. The molecule has 1 aromatic rings. The topological polar surface area (TPSA) is 68.6 Å². The highest BCUT2D eigenvalue weighted by Crippen LogP contribution is 2.20. The highest BCUT2D eigenvalue weighted by Gasteiger charge is 2.19. The zero-order valence-corrected chi connectivity index (χ0v) is 15.1. The van der Waals surface area contributed by atoms with Crippen LogP contribution in [0.2, 0.25) is 0 Å². The number of anilines is 1. The second kappa shape index (κ2) is 10.4. The van der Waals surface area contributed by atoms with E-state index in [9.17, 15) is 14.4 Å². The minimum absolute atomic E-state index is 0.0840. The summed E-state index contributed by atoms with van der Waals surface area (Å²) in [6, 6.07) is 8.65. The lowest BCUT2D eigenvalue weighted by Crippen LogP contribution is -2.44. The summed E-state index contributed by atoms with van der Waals surface area (Å²) in [7, 11) is 0. The minimum Gasteiger partial charge on any atom is -0.382 e. The first-order valence-electron chi connectivity index (χ1n) is 8.87. The van der Waals surface area contributed by atoms with E-state index < -0.39 is 0 Å².